The number of hydrogen-bond acceptors (Lipinski definition) is 3. The van der Waals surface area contributed by atoms with Gasteiger partial charge >= 0.3 is 0 Å². The molecule has 6 nitrogen and oxygen atoms in total. The zero-order chi connectivity index (χ0) is 40.1. The Labute approximate surface area is 345 Å². The van der Waals surface area contributed by atoms with E-state index in [0.717, 1.165) is 61.1 Å². The molecule has 0 aliphatic carbocycles. The summed E-state index contributed by atoms with van der Waals surface area (Å²) in [5, 5.41) is 7.15. The molecule has 0 aliphatic rings. The highest BCUT2D eigenvalue weighted by Crippen LogP contribution is 2.42. The summed E-state index contributed by atoms with van der Waals surface area (Å²) in [4.78, 5) is 0. The molecule has 60 heavy (non-hydrogen) atoms. The van der Waals surface area contributed by atoms with Crippen molar-refractivity contribution >= 4 is 82.5 Å². The Morgan fingerprint density at radius 3 is 0.933 bits per heavy atom. The second kappa shape index (κ2) is 12.9. The second-order valence-electron chi connectivity index (χ2n) is 15.7. The Morgan fingerprint density at radius 1 is 0.250 bits per heavy atom. The minimum atomic E-state index is 0.400. The van der Waals surface area contributed by atoms with Gasteiger partial charge in [-0.05, 0) is 119 Å². The highest BCUT2D eigenvalue weighted by molar-refractivity contribution is 6.14. The van der Waals surface area contributed by atoms with E-state index in [-0.39, 0.29) is 0 Å². The zero-order valence-corrected chi connectivity index (χ0v) is 32.5. The third kappa shape index (κ3) is 5.01. The Bertz CT molecular complexity index is 3450. The number of nitrogens with zero attached hydrogens (tertiary/aromatic N) is 3. The molecule has 6 N–H and O–H groups in total. The molecule has 3 heterocycles. The van der Waals surface area contributed by atoms with Crippen molar-refractivity contribution < 1.29 is 0 Å². The van der Waals surface area contributed by atoms with Crippen LogP contribution in [-0.4, -0.2) is 13.7 Å². The van der Waals surface area contributed by atoms with Crippen molar-refractivity contribution in [3.05, 3.63) is 194 Å². The van der Waals surface area contributed by atoms with Crippen LogP contribution in [0.3, 0.4) is 0 Å². The van der Waals surface area contributed by atoms with E-state index in [2.05, 4.69) is 196 Å². The van der Waals surface area contributed by atoms with Crippen LogP contribution in [0.15, 0.2) is 194 Å². The third-order valence-electron chi connectivity index (χ3n) is 12.3. The lowest BCUT2D eigenvalue weighted by molar-refractivity contribution is 1.18. The van der Waals surface area contributed by atoms with E-state index < -0.39 is 0 Å². The maximum absolute atomic E-state index is 6.44. The highest BCUT2D eigenvalue weighted by atomic mass is 15.0. The van der Waals surface area contributed by atoms with Crippen molar-refractivity contribution in [3.63, 3.8) is 0 Å². The van der Waals surface area contributed by atoms with Crippen molar-refractivity contribution in [1.82, 2.24) is 13.7 Å². The standard InChI is InChI=1S/C54H38N6/c55-46-31-39(32-47(56)54(46)57)60-52-25-21-35(33-19-23-50-42(27-33)40-15-7-9-17-48(40)58(50)37-11-3-1-4-12-37)29-44(52)45-30-36(22-26-53(45)60)34-20-24-51-43(28-34)41-16-8-10-18-49(41)59(51)38-13-5-2-6-14-38/h1-32H,55-57H2. The van der Waals surface area contributed by atoms with Gasteiger partial charge in [0, 0.05) is 43.7 Å². The number of hydrogen-bond donors (Lipinski definition) is 3. The molecule has 0 unspecified atom stereocenters. The fourth-order valence-corrected chi connectivity index (χ4v) is 9.49. The Balaban J connectivity index is 1.07. The average Bonchev–Trinajstić information content (AvgIpc) is 3.93. The SMILES string of the molecule is Nc1cc(-n2c3ccc(-c4ccc5c(c4)c4ccccc4n5-c4ccccc4)cc3c3cc(-c4ccc5c(c4)c4ccccc4n5-c4ccccc4)ccc32)cc(N)c1N. The summed E-state index contributed by atoms with van der Waals surface area (Å²) >= 11 is 0. The molecule has 12 rings (SSSR count). The number of fused-ring (bicyclic) bond motifs is 9. The lowest BCUT2D eigenvalue weighted by Gasteiger charge is -2.13. The van der Waals surface area contributed by atoms with Crippen LogP contribution in [-0.2, 0) is 0 Å². The number of rotatable bonds is 5. The summed E-state index contributed by atoms with van der Waals surface area (Å²) < 4.78 is 6.96. The molecule has 0 aliphatic heterocycles. The second-order valence-corrected chi connectivity index (χ2v) is 15.7. The number of aromatic nitrogens is 3. The lowest BCUT2D eigenvalue weighted by atomic mass is 9.98. The van der Waals surface area contributed by atoms with E-state index >= 15 is 0 Å². The average molecular weight is 771 g/mol. The van der Waals surface area contributed by atoms with Gasteiger partial charge in [-0.2, -0.15) is 0 Å². The maximum Gasteiger partial charge on any atom is 0.0782 e. The fraction of sp³-hybridized carbons (Fsp3) is 0. The topological polar surface area (TPSA) is 92.8 Å². The molecular weight excluding hydrogens is 733 g/mol. The van der Waals surface area contributed by atoms with Gasteiger partial charge in [-0.1, -0.05) is 97.1 Å². The van der Waals surface area contributed by atoms with Crippen LogP contribution < -0.4 is 17.2 Å². The molecular formula is C54H38N6. The van der Waals surface area contributed by atoms with Crippen LogP contribution in [0, 0.1) is 0 Å². The van der Waals surface area contributed by atoms with Crippen LogP contribution in [0.4, 0.5) is 17.1 Å². The molecule has 0 radical (unpaired) electrons. The van der Waals surface area contributed by atoms with E-state index in [4.69, 9.17) is 17.2 Å². The van der Waals surface area contributed by atoms with E-state index in [0.29, 0.717) is 17.1 Å². The van der Waals surface area contributed by atoms with Crippen LogP contribution in [0.2, 0.25) is 0 Å². The zero-order valence-electron chi connectivity index (χ0n) is 32.5. The van der Waals surface area contributed by atoms with Gasteiger partial charge in [0.2, 0.25) is 0 Å². The summed E-state index contributed by atoms with van der Waals surface area (Å²) in [6, 6.07) is 69.5. The van der Waals surface area contributed by atoms with Crippen molar-refractivity contribution in [2.75, 3.05) is 17.2 Å². The number of anilines is 3. The number of para-hydroxylation sites is 4. The van der Waals surface area contributed by atoms with Gasteiger partial charge < -0.3 is 30.9 Å². The molecule has 0 saturated carbocycles. The van der Waals surface area contributed by atoms with Gasteiger partial charge in [0.1, 0.15) is 0 Å². The summed E-state index contributed by atoms with van der Waals surface area (Å²) in [7, 11) is 0. The van der Waals surface area contributed by atoms with Crippen molar-refractivity contribution in [2.24, 2.45) is 0 Å². The predicted molar refractivity (Wildman–Crippen MR) is 254 cm³/mol. The van der Waals surface area contributed by atoms with Crippen LogP contribution in [0.1, 0.15) is 0 Å². The normalized spacial score (nSPS) is 11.9. The van der Waals surface area contributed by atoms with E-state index in [1.165, 1.54) is 43.6 Å². The molecule has 284 valence electrons. The molecule has 3 aromatic heterocycles. The van der Waals surface area contributed by atoms with E-state index in [1.54, 1.807) is 0 Å². The molecule has 6 heteroatoms. The summed E-state index contributed by atoms with van der Waals surface area (Å²) in [5.41, 5.74) is 35.0. The van der Waals surface area contributed by atoms with Crippen molar-refractivity contribution in [2.45, 2.75) is 0 Å². The predicted octanol–water partition coefficient (Wildman–Crippen LogP) is 13.1. The number of benzene rings is 9. The van der Waals surface area contributed by atoms with Crippen LogP contribution in [0.25, 0.3) is 105 Å². The van der Waals surface area contributed by atoms with Gasteiger partial charge in [-0.3, -0.25) is 0 Å². The largest absolute Gasteiger partial charge is 0.397 e. The van der Waals surface area contributed by atoms with E-state index in [1.807, 2.05) is 12.1 Å². The third-order valence-corrected chi connectivity index (χ3v) is 12.3. The maximum atomic E-state index is 6.44. The highest BCUT2D eigenvalue weighted by Gasteiger charge is 2.19. The van der Waals surface area contributed by atoms with Gasteiger partial charge in [0.15, 0.2) is 0 Å². The van der Waals surface area contributed by atoms with Crippen LogP contribution in [0.5, 0.6) is 0 Å². The molecule has 0 bridgehead atoms. The molecule has 9 aromatic carbocycles. The Kier molecular flexibility index (Phi) is 7.28. The van der Waals surface area contributed by atoms with Gasteiger partial charge in [-0.15, -0.1) is 0 Å². The van der Waals surface area contributed by atoms with Crippen LogP contribution >= 0.6 is 0 Å². The molecule has 0 amide bonds. The molecule has 0 saturated heterocycles. The molecule has 12 aromatic rings. The lowest BCUT2D eigenvalue weighted by Crippen LogP contribution is -2.03. The summed E-state index contributed by atoms with van der Waals surface area (Å²) in [5.74, 6) is 0. The summed E-state index contributed by atoms with van der Waals surface area (Å²) in [6.45, 7) is 0. The van der Waals surface area contributed by atoms with E-state index in [9.17, 15) is 0 Å². The first-order valence-electron chi connectivity index (χ1n) is 20.2. The first-order valence-corrected chi connectivity index (χ1v) is 20.2. The minimum absolute atomic E-state index is 0.400. The van der Waals surface area contributed by atoms with Crippen molar-refractivity contribution in [3.8, 4) is 39.3 Å². The van der Waals surface area contributed by atoms with Crippen molar-refractivity contribution in [1.29, 1.82) is 0 Å². The quantitative estimate of drug-likeness (QED) is 0.152. The van der Waals surface area contributed by atoms with Gasteiger partial charge in [-0.25, -0.2) is 0 Å². The Morgan fingerprint density at radius 2 is 0.550 bits per heavy atom. The first-order chi connectivity index (χ1) is 29.5. The molecule has 0 atom stereocenters. The number of nitrogen functional groups attached to an aromatic ring is 3. The monoisotopic (exact) mass is 770 g/mol. The first kappa shape index (κ1) is 33.9. The minimum Gasteiger partial charge on any atom is -0.397 e. The molecule has 0 spiro atoms. The van der Waals surface area contributed by atoms with Gasteiger partial charge in [0.05, 0.1) is 55.8 Å². The number of nitrogens with two attached hydrogens (primary N) is 3. The molecule has 0 fully saturated rings. The summed E-state index contributed by atoms with van der Waals surface area (Å²) in [6.07, 6.45) is 0. The fourth-order valence-electron chi connectivity index (χ4n) is 9.49. The Hall–Kier alpha value is -8.22. The smallest absolute Gasteiger partial charge is 0.0782 e. The van der Waals surface area contributed by atoms with Gasteiger partial charge in [0.25, 0.3) is 0 Å².